The van der Waals surface area contributed by atoms with Crippen LogP contribution in [0.4, 0.5) is 4.39 Å². The number of hydrogen-bond donors (Lipinski definition) is 1. The van der Waals surface area contributed by atoms with E-state index in [9.17, 15) is 9.18 Å². The Bertz CT molecular complexity index is 976. The normalized spacial score (nSPS) is 18.9. The predicted octanol–water partition coefficient (Wildman–Crippen LogP) is 6.05. The van der Waals surface area contributed by atoms with E-state index in [1.807, 2.05) is 6.08 Å². The fraction of sp³-hybridized carbons (Fsp3) is 0.500. The van der Waals surface area contributed by atoms with E-state index < -0.39 is 0 Å². The molecule has 1 aromatic heterocycles. The molecule has 2 aliphatic rings. The maximum absolute atomic E-state index is 13.9. The van der Waals surface area contributed by atoms with Crippen LogP contribution in [0.15, 0.2) is 41.3 Å². The van der Waals surface area contributed by atoms with Crippen molar-refractivity contribution in [2.75, 3.05) is 19.7 Å². The highest BCUT2D eigenvalue weighted by atomic mass is 35.5. The lowest BCUT2D eigenvalue weighted by Gasteiger charge is -2.30. The number of pyridine rings is 1. The summed E-state index contributed by atoms with van der Waals surface area (Å²) in [5, 5.41) is 0.550. The molecular weight excluding hydrogens is 427 g/mol. The van der Waals surface area contributed by atoms with Crippen molar-refractivity contribution in [3.63, 3.8) is 0 Å². The minimum atomic E-state index is -0.240. The molecule has 4 rings (SSSR count). The van der Waals surface area contributed by atoms with Gasteiger partial charge in [0.1, 0.15) is 11.6 Å². The summed E-state index contributed by atoms with van der Waals surface area (Å²) in [7, 11) is 0. The van der Waals surface area contributed by atoms with Crippen molar-refractivity contribution in [1.82, 2.24) is 9.88 Å². The summed E-state index contributed by atoms with van der Waals surface area (Å²) in [5.41, 5.74) is 1.43. The van der Waals surface area contributed by atoms with Crippen molar-refractivity contribution in [3.8, 4) is 5.75 Å². The molecule has 2 heterocycles. The Morgan fingerprint density at radius 3 is 2.69 bits per heavy atom. The van der Waals surface area contributed by atoms with Crippen LogP contribution in [-0.2, 0) is 6.54 Å². The minimum Gasteiger partial charge on any atom is -0.493 e. The topological polar surface area (TPSA) is 45.3 Å². The van der Waals surface area contributed by atoms with Crippen LogP contribution in [0.25, 0.3) is 6.08 Å². The summed E-state index contributed by atoms with van der Waals surface area (Å²) >= 11 is 6.01. The fourth-order valence-electron chi connectivity index (χ4n) is 4.74. The summed E-state index contributed by atoms with van der Waals surface area (Å²) in [5.74, 6) is 1.57. The second-order valence-corrected chi connectivity index (χ2v) is 9.58. The van der Waals surface area contributed by atoms with Gasteiger partial charge in [-0.25, -0.2) is 4.39 Å². The predicted molar refractivity (Wildman–Crippen MR) is 128 cm³/mol. The lowest BCUT2D eigenvalue weighted by atomic mass is 9.90. The van der Waals surface area contributed by atoms with Gasteiger partial charge in [-0.05, 0) is 74.9 Å². The summed E-state index contributed by atoms with van der Waals surface area (Å²) in [6, 6.07) is 6.53. The van der Waals surface area contributed by atoms with Gasteiger partial charge in [-0.15, -0.1) is 0 Å². The number of aromatic amines is 1. The first kappa shape index (κ1) is 23.1. The Hall–Kier alpha value is -2.11. The first-order chi connectivity index (χ1) is 15.6. The fourth-order valence-corrected chi connectivity index (χ4v) is 4.93. The highest BCUT2D eigenvalue weighted by Crippen LogP contribution is 2.28. The van der Waals surface area contributed by atoms with Gasteiger partial charge in [-0.2, -0.15) is 0 Å². The smallest absolute Gasteiger partial charge is 0.252 e. The van der Waals surface area contributed by atoms with Crippen molar-refractivity contribution in [2.45, 2.75) is 51.5 Å². The van der Waals surface area contributed by atoms with E-state index in [0.717, 1.165) is 37.2 Å². The van der Waals surface area contributed by atoms with Crippen LogP contribution >= 0.6 is 11.6 Å². The van der Waals surface area contributed by atoms with E-state index in [1.54, 1.807) is 18.2 Å². The lowest BCUT2D eigenvalue weighted by Crippen LogP contribution is -2.34. The number of likely N-dealkylation sites (tertiary alicyclic amines) is 1. The van der Waals surface area contributed by atoms with E-state index in [0.29, 0.717) is 35.6 Å². The van der Waals surface area contributed by atoms with Gasteiger partial charge < -0.3 is 9.72 Å². The van der Waals surface area contributed by atoms with Crippen molar-refractivity contribution < 1.29 is 9.13 Å². The van der Waals surface area contributed by atoms with E-state index in [1.165, 1.54) is 44.4 Å². The number of halogens is 2. The highest BCUT2D eigenvalue weighted by molar-refractivity contribution is 6.30. The average Bonchev–Trinajstić information content (AvgIpc) is 2.81. The first-order valence-corrected chi connectivity index (χ1v) is 12.1. The summed E-state index contributed by atoms with van der Waals surface area (Å²) in [4.78, 5) is 16.9. The molecule has 172 valence electrons. The van der Waals surface area contributed by atoms with Crippen LogP contribution in [0, 0.1) is 17.7 Å². The molecule has 0 bridgehead atoms. The number of aromatic nitrogens is 1. The zero-order valence-corrected chi connectivity index (χ0v) is 19.2. The highest BCUT2D eigenvalue weighted by Gasteiger charge is 2.19. The van der Waals surface area contributed by atoms with Crippen molar-refractivity contribution >= 4 is 17.7 Å². The number of hydrogen-bond acceptors (Lipinski definition) is 3. The summed E-state index contributed by atoms with van der Waals surface area (Å²) in [6.45, 7) is 3.15. The Balaban J connectivity index is 1.32. The van der Waals surface area contributed by atoms with Crippen LogP contribution in [0.2, 0.25) is 5.02 Å². The van der Waals surface area contributed by atoms with Crippen molar-refractivity contribution in [3.05, 3.63) is 68.9 Å². The van der Waals surface area contributed by atoms with Gasteiger partial charge in [-0.3, -0.25) is 9.69 Å². The van der Waals surface area contributed by atoms with Crippen LogP contribution < -0.4 is 10.3 Å². The van der Waals surface area contributed by atoms with Crippen molar-refractivity contribution in [2.24, 2.45) is 11.8 Å². The molecule has 1 saturated heterocycles. The molecule has 1 aliphatic heterocycles. The summed E-state index contributed by atoms with van der Waals surface area (Å²) in [6.07, 6.45) is 14.1. The molecule has 2 aromatic rings. The zero-order chi connectivity index (χ0) is 22.3. The molecule has 0 unspecified atom stereocenters. The number of ether oxygens (including phenoxy) is 1. The van der Waals surface area contributed by atoms with E-state index >= 15 is 0 Å². The second-order valence-electron chi connectivity index (χ2n) is 9.14. The lowest BCUT2D eigenvalue weighted by molar-refractivity contribution is 0.195. The maximum Gasteiger partial charge on any atom is 0.252 e. The molecule has 1 aliphatic carbocycles. The van der Waals surface area contributed by atoms with E-state index in [4.69, 9.17) is 16.3 Å². The second kappa shape index (κ2) is 11.2. The van der Waals surface area contributed by atoms with Gasteiger partial charge in [0.2, 0.25) is 0 Å². The SMILES string of the molecule is O=c1[nH]cc(Cl)cc1CN1CCC(/C=C/c2cc(F)ccc2OCC2CCCCC2)CC1. The third-order valence-electron chi connectivity index (χ3n) is 6.69. The minimum absolute atomic E-state index is 0.0803. The first-order valence-electron chi connectivity index (χ1n) is 11.8. The molecule has 0 atom stereocenters. The molecule has 0 spiro atoms. The number of nitrogens with zero attached hydrogens (tertiary/aromatic N) is 1. The zero-order valence-electron chi connectivity index (χ0n) is 18.5. The molecule has 32 heavy (non-hydrogen) atoms. The molecule has 2 fully saturated rings. The number of allylic oxidation sites excluding steroid dienone is 1. The maximum atomic E-state index is 13.9. The average molecular weight is 459 g/mol. The van der Waals surface area contributed by atoms with Crippen LogP contribution in [0.5, 0.6) is 5.75 Å². The third kappa shape index (κ3) is 6.46. The Kier molecular flexibility index (Phi) is 8.04. The van der Waals surface area contributed by atoms with Gasteiger partial charge in [0.05, 0.1) is 11.6 Å². The Morgan fingerprint density at radius 2 is 1.91 bits per heavy atom. The molecule has 0 radical (unpaired) electrons. The number of piperidine rings is 1. The van der Waals surface area contributed by atoms with E-state index in [2.05, 4.69) is 16.0 Å². The van der Waals surface area contributed by atoms with Crippen LogP contribution in [-0.4, -0.2) is 29.6 Å². The standard InChI is InChI=1S/C26H32ClFN2O2/c27-23-14-22(26(31)29-16-23)17-30-12-10-19(11-13-30)6-7-21-15-24(28)8-9-25(21)32-18-20-4-2-1-3-5-20/h6-9,14-16,19-20H,1-5,10-13,17-18H2,(H,29,31)/b7-6+. The molecule has 1 aromatic carbocycles. The van der Waals surface area contributed by atoms with Gasteiger partial charge in [0.25, 0.3) is 5.56 Å². The van der Waals surface area contributed by atoms with Crippen LogP contribution in [0.3, 0.4) is 0 Å². The van der Waals surface area contributed by atoms with Crippen LogP contribution in [0.1, 0.15) is 56.1 Å². The van der Waals surface area contributed by atoms with Crippen molar-refractivity contribution in [1.29, 1.82) is 0 Å². The molecular formula is C26H32ClFN2O2. The van der Waals surface area contributed by atoms with Gasteiger partial charge in [-0.1, -0.05) is 43.0 Å². The Labute approximate surface area is 194 Å². The molecule has 4 nitrogen and oxygen atoms in total. The van der Waals surface area contributed by atoms with Gasteiger partial charge in [0, 0.05) is 23.9 Å². The third-order valence-corrected chi connectivity index (χ3v) is 6.91. The molecule has 1 N–H and O–H groups in total. The molecule has 1 saturated carbocycles. The number of nitrogens with one attached hydrogen (secondary N) is 1. The Morgan fingerprint density at radius 1 is 1.12 bits per heavy atom. The van der Waals surface area contributed by atoms with E-state index in [-0.39, 0.29) is 11.4 Å². The summed E-state index contributed by atoms with van der Waals surface area (Å²) < 4.78 is 20.0. The van der Waals surface area contributed by atoms with Gasteiger partial charge in [0.15, 0.2) is 0 Å². The number of rotatable bonds is 7. The number of benzene rings is 1. The quantitative estimate of drug-likeness (QED) is 0.549. The molecule has 6 heteroatoms. The molecule has 0 amide bonds. The largest absolute Gasteiger partial charge is 0.493 e. The number of H-pyrrole nitrogens is 1. The van der Waals surface area contributed by atoms with Gasteiger partial charge >= 0.3 is 0 Å². The monoisotopic (exact) mass is 458 g/mol.